The van der Waals surface area contributed by atoms with Crippen LogP contribution in [-0.4, -0.2) is 10.8 Å². The highest BCUT2D eigenvalue weighted by atomic mass is 79.9. The predicted molar refractivity (Wildman–Crippen MR) is 76.2 cm³/mol. The topological polar surface area (TPSA) is 30.0 Å². The summed E-state index contributed by atoms with van der Waals surface area (Å²) in [7, 11) is 0. The third kappa shape index (κ3) is 3.18. The van der Waals surface area contributed by atoms with E-state index in [1.165, 1.54) is 0 Å². The Hall–Kier alpha value is -1.19. The van der Waals surface area contributed by atoms with Crippen LogP contribution in [0.1, 0.15) is 21.6 Å². The van der Waals surface area contributed by atoms with E-state index in [0.717, 1.165) is 15.7 Å². The minimum absolute atomic E-state index is 0.0242. The van der Waals surface area contributed by atoms with Crippen LogP contribution in [0.3, 0.4) is 0 Å². The highest BCUT2D eigenvalue weighted by Gasteiger charge is 2.11. The number of hydrogen-bond acceptors (Lipinski definition) is 2. The number of ketones is 1. The average molecular weight is 325 g/mol. The second-order valence-electron chi connectivity index (χ2n) is 4.05. The lowest BCUT2D eigenvalue weighted by atomic mass is 10.1. The van der Waals surface area contributed by atoms with Gasteiger partial charge in [-0.2, -0.15) is 0 Å². The SMILES string of the molecule is Cc1ccc(CC(=O)c2ccc(Br)cc2Cl)nc1. The van der Waals surface area contributed by atoms with Crippen molar-refractivity contribution in [3.8, 4) is 0 Å². The third-order valence-electron chi connectivity index (χ3n) is 2.55. The summed E-state index contributed by atoms with van der Waals surface area (Å²) in [4.78, 5) is 16.3. The molecule has 0 atom stereocenters. The van der Waals surface area contributed by atoms with Gasteiger partial charge in [0.25, 0.3) is 0 Å². The number of halogens is 2. The third-order valence-corrected chi connectivity index (χ3v) is 3.35. The molecule has 0 bridgehead atoms. The maximum Gasteiger partial charge on any atom is 0.170 e. The quantitative estimate of drug-likeness (QED) is 0.791. The molecule has 2 rings (SSSR count). The van der Waals surface area contributed by atoms with E-state index >= 15 is 0 Å². The van der Waals surface area contributed by atoms with Gasteiger partial charge in [-0.05, 0) is 36.8 Å². The molecule has 0 aliphatic rings. The summed E-state index contributed by atoms with van der Waals surface area (Å²) in [6, 6.07) is 9.06. The lowest BCUT2D eigenvalue weighted by molar-refractivity contribution is 0.0992. The summed E-state index contributed by atoms with van der Waals surface area (Å²) in [6.07, 6.45) is 2.02. The summed E-state index contributed by atoms with van der Waals surface area (Å²) in [5.41, 5.74) is 2.36. The van der Waals surface area contributed by atoms with Crippen LogP contribution in [0, 0.1) is 6.92 Å². The number of carbonyl (C=O) groups is 1. The molecule has 0 radical (unpaired) electrons. The first-order valence-corrected chi connectivity index (χ1v) is 6.63. The minimum Gasteiger partial charge on any atom is -0.294 e. The Kier molecular flexibility index (Phi) is 4.15. The van der Waals surface area contributed by atoms with Crippen LogP contribution in [0.25, 0.3) is 0 Å². The molecular weight excluding hydrogens is 314 g/mol. The Morgan fingerprint density at radius 3 is 2.72 bits per heavy atom. The van der Waals surface area contributed by atoms with Crippen LogP contribution >= 0.6 is 27.5 Å². The van der Waals surface area contributed by atoms with Crippen molar-refractivity contribution in [2.75, 3.05) is 0 Å². The second-order valence-corrected chi connectivity index (χ2v) is 5.37. The van der Waals surface area contributed by atoms with Crippen LogP contribution in [0.5, 0.6) is 0 Å². The van der Waals surface area contributed by atoms with Crippen LogP contribution in [0.15, 0.2) is 41.0 Å². The highest BCUT2D eigenvalue weighted by Crippen LogP contribution is 2.22. The van der Waals surface area contributed by atoms with Gasteiger partial charge in [-0.15, -0.1) is 0 Å². The van der Waals surface area contributed by atoms with Gasteiger partial charge in [0.05, 0.1) is 11.4 Å². The molecule has 0 aliphatic heterocycles. The number of rotatable bonds is 3. The zero-order valence-electron chi connectivity index (χ0n) is 9.78. The molecule has 18 heavy (non-hydrogen) atoms. The van der Waals surface area contributed by atoms with Gasteiger partial charge in [-0.25, -0.2) is 0 Å². The van der Waals surface area contributed by atoms with Gasteiger partial charge < -0.3 is 0 Å². The summed E-state index contributed by atoms with van der Waals surface area (Å²) >= 11 is 9.36. The van der Waals surface area contributed by atoms with Gasteiger partial charge in [0, 0.05) is 21.9 Å². The van der Waals surface area contributed by atoms with Crippen LogP contribution in [0.4, 0.5) is 0 Å². The van der Waals surface area contributed by atoms with E-state index < -0.39 is 0 Å². The van der Waals surface area contributed by atoms with Gasteiger partial charge in [-0.3, -0.25) is 9.78 Å². The van der Waals surface area contributed by atoms with Crippen LogP contribution < -0.4 is 0 Å². The molecule has 0 unspecified atom stereocenters. The molecule has 1 aromatic heterocycles. The van der Waals surface area contributed by atoms with Gasteiger partial charge in [0.15, 0.2) is 5.78 Å². The number of benzene rings is 1. The zero-order valence-corrected chi connectivity index (χ0v) is 12.1. The van der Waals surface area contributed by atoms with E-state index in [1.807, 2.05) is 25.1 Å². The van der Waals surface area contributed by atoms with Gasteiger partial charge in [0.2, 0.25) is 0 Å². The lowest BCUT2D eigenvalue weighted by Gasteiger charge is -2.04. The maximum absolute atomic E-state index is 12.1. The van der Waals surface area contributed by atoms with E-state index in [0.29, 0.717) is 10.6 Å². The number of pyridine rings is 1. The Morgan fingerprint density at radius 1 is 1.33 bits per heavy atom. The van der Waals surface area contributed by atoms with E-state index in [4.69, 9.17) is 11.6 Å². The van der Waals surface area contributed by atoms with Crippen molar-refractivity contribution in [1.82, 2.24) is 4.98 Å². The van der Waals surface area contributed by atoms with Crippen molar-refractivity contribution in [3.05, 3.63) is 62.8 Å². The molecule has 1 heterocycles. The fourth-order valence-electron chi connectivity index (χ4n) is 1.58. The molecule has 2 aromatic rings. The van der Waals surface area contributed by atoms with Gasteiger partial charge >= 0.3 is 0 Å². The first-order valence-electron chi connectivity index (χ1n) is 5.46. The first kappa shape index (κ1) is 13.2. The second kappa shape index (κ2) is 5.63. The zero-order chi connectivity index (χ0) is 13.1. The predicted octanol–water partition coefficient (Wildman–Crippen LogP) is 4.23. The molecule has 0 saturated carbocycles. The van der Waals surface area contributed by atoms with Gasteiger partial charge in [-0.1, -0.05) is 33.6 Å². The highest BCUT2D eigenvalue weighted by molar-refractivity contribution is 9.10. The standard InChI is InChI=1S/C14H11BrClNO/c1-9-2-4-11(17-8-9)7-14(18)12-5-3-10(15)6-13(12)16/h2-6,8H,7H2,1H3. The van der Waals surface area contributed by atoms with Crippen LogP contribution in [-0.2, 0) is 6.42 Å². The molecule has 2 nitrogen and oxygen atoms in total. The summed E-state index contributed by atoms with van der Waals surface area (Å²) < 4.78 is 0.859. The maximum atomic E-state index is 12.1. The van der Waals surface area contributed by atoms with E-state index in [1.54, 1.807) is 18.3 Å². The Morgan fingerprint density at radius 2 is 2.11 bits per heavy atom. The summed E-state index contributed by atoms with van der Waals surface area (Å²) in [5, 5.41) is 0.460. The average Bonchev–Trinajstić information content (AvgIpc) is 2.32. The van der Waals surface area contributed by atoms with Gasteiger partial charge in [0.1, 0.15) is 0 Å². The van der Waals surface area contributed by atoms with Crippen molar-refractivity contribution < 1.29 is 4.79 Å². The lowest BCUT2D eigenvalue weighted by Crippen LogP contribution is -2.05. The van der Waals surface area contributed by atoms with Crippen LogP contribution in [0.2, 0.25) is 5.02 Å². The number of aromatic nitrogens is 1. The van der Waals surface area contributed by atoms with E-state index in [2.05, 4.69) is 20.9 Å². The fourth-order valence-corrected chi connectivity index (χ4v) is 2.36. The van der Waals surface area contributed by atoms with Crippen molar-refractivity contribution in [2.45, 2.75) is 13.3 Å². The summed E-state index contributed by atoms with van der Waals surface area (Å²) in [6.45, 7) is 1.96. The molecule has 92 valence electrons. The Balaban J connectivity index is 2.19. The van der Waals surface area contributed by atoms with Crippen molar-refractivity contribution in [3.63, 3.8) is 0 Å². The first-order chi connectivity index (χ1) is 8.56. The number of hydrogen-bond donors (Lipinski definition) is 0. The number of carbonyl (C=O) groups excluding carboxylic acids is 1. The van der Waals surface area contributed by atoms with E-state index in [-0.39, 0.29) is 12.2 Å². The van der Waals surface area contributed by atoms with Crippen molar-refractivity contribution >= 4 is 33.3 Å². The van der Waals surface area contributed by atoms with Crippen molar-refractivity contribution in [2.24, 2.45) is 0 Å². The Bertz CT molecular complexity index is 581. The van der Waals surface area contributed by atoms with E-state index in [9.17, 15) is 4.79 Å². The molecule has 0 N–H and O–H groups in total. The smallest absolute Gasteiger partial charge is 0.170 e. The number of Topliss-reactive ketones (excluding diaryl/α,β-unsaturated/α-hetero) is 1. The number of aryl methyl sites for hydroxylation is 1. The molecule has 1 aromatic carbocycles. The molecule has 0 saturated heterocycles. The normalized spacial score (nSPS) is 10.4. The fraction of sp³-hybridized carbons (Fsp3) is 0.143. The molecule has 0 spiro atoms. The number of nitrogens with zero attached hydrogens (tertiary/aromatic N) is 1. The molecule has 0 amide bonds. The molecular formula is C14H11BrClNO. The molecule has 0 aliphatic carbocycles. The largest absolute Gasteiger partial charge is 0.294 e. The monoisotopic (exact) mass is 323 g/mol. The molecule has 4 heteroatoms. The van der Waals surface area contributed by atoms with Crippen molar-refractivity contribution in [1.29, 1.82) is 0 Å². The minimum atomic E-state index is -0.0242. The Labute approximate surface area is 119 Å². The summed E-state index contributed by atoms with van der Waals surface area (Å²) in [5.74, 6) is -0.0242. The molecule has 0 fully saturated rings.